The average molecular weight is 251 g/mol. The third kappa shape index (κ3) is 1.97. The number of nitrogens with one attached hydrogen (secondary N) is 1. The van der Waals surface area contributed by atoms with Crippen molar-refractivity contribution in [1.82, 2.24) is 15.4 Å². The van der Waals surface area contributed by atoms with Crippen LogP contribution in [-0.4, -0.2) is 20.5 Å². The number of H-pyrrole nitrogens is 1. The molecule has 4 heteroatoms. The second kappa shape index (κ2) is 4.57. The molecule has 3 rings (SSSR count). The lowest BCUT2D eigenvalue weighted by Crippen LogP contribution is -1.88. The lowest BCUT2D eigenvalue weighted by atomic mass is 10.0. The number of aryl methyl sites for hydroxylation is 1. The Bertz CT molecular complexity index is 684. The molecule has 0 unspecified atom stereocenters. The Morgan fingerprint density at radius 1 is 0.895 bits per heavy atom. The maximum Gasteiger partial charge on any atom is 0.125 e. The van der Waals surface area contributed by atoms with Crippen molar-refractivity contribution in [1.29, 1.82) is 0 Å². The van der Waals surface area contributed by atoms with Crippen molar-refractivity contribution in [3.63, 3.8) is 0 Å². The van der Waals surface area contributed by atoms with Crippen LogP contribution in [-0.2, 0) is 0 Å². The number of phenols is 1. The second-order valence-electron chi connectivity index (χ2n) is 4.36. The van der Waals surface area contributed by atoms with Gasteiger partial charge in [0.15, 0.2) is 0 Å². The number of aromatic amines is 1. The normalized spacial score (nSPS) is 10.6. The number of aromatic hydroxyl groups is 1. The van der Waals surface area contributed by atoms with Crippen molar-refractivity contribution < 1.29 is 5.11 Å². The number of aromatic nitrogens is 3. The molecule has 0 saturated heterocycles. The molecule has 0 amide bonds. The molecule has 0 radical (unpaired) electrons. The molecular weight excluding hydrogens is 238 g/mol. The molecule has 19 heavy (non-hydrogen) atoms. The summed E-state index contributed by atoms with van der Waals surface area (Å²) in [4.78, 5) is 0. The first-order valence-corrected chi connectivity index (χ1v) is 6.02. The van der Waals surface area contributed by atoms with E-state index in [-0.39, 0.29) is 5.75 Å². The Hall–Kier alpha value is -2.62. The maximum atomic E-state index is 10.1. The fourth-order valence-electron chi connectivity index (χ4n) is 2.16. The molecule has 3 aromatic rings. The lowest BCUT2D eigenvalue weighted by Gasteiger charge is -2.07. The van der Waals surface area contributed by atoms with Crippen LogP contribution in [0.1, 0.15) is 5.56 Å². The molecule has 4 nitrogen and oxygen atoms in total. The van der Waals surface area contributed by atoms with E-state index in [1.54, 1.807) is 6.07 Å². The van der Waals surface area contributed by atoms with E-state index in [0.717, 1.165) is 22.4 Å². The van der Waals surface area contributed by atoms with Gasteiger partial charge >= 0.3 is 0 Å². The predicted octanol–water partition coefficient (Wildman–Crippen LogP) is 3.15. The van der Waals surface area contributed by atoms with Gasteiger partial charge in [-0.3, -0.25) is 0 Å². The fourth-order valence-corrected chi connectivity index (χ4v) is 2.16. The molecule has 0 spiro atoms. The van der Waals surface area contributed by atoms with Crippen LogP contribution < -0.4 is 0 Å². The maximum absolute atomic E-state index is 10.1. The molecule has 0 aliphatic carbocycles. The number of hydrogen-bond acceptors (Lipinski definition) is 3. The molecular formula is C15H13N3O. The van der Waals surface area contributed by atoms with Gasteiger partial charge in [-0.15, -0.1) is 0 Å². The summed E-state index contributed by atoms with van der Waals surface area (Å²) in [5, 5.41) is 21.1. The third-order valence-electron chi connectivity index (χ3n) is 3.08. The highest BCUT2D eigenvalue weighted by Crippen LogP contribution is 2.35. The van der Waals surface area contributed by atoms with Gasteiger partial charge in [-0.05, 0) is 18.6 Å². The number of nitrogens with zero attached hydrogens (tertiary/aromatic N) is 2. The first kappa shape index (κ1) is 11.5. The summed E-state index contributed by atoms with van der Waals surface area (Å²) in [5.74, 6) is 0.214. The van der Waals surface area contributed by atoms with Crippen molar-refractivity contribution in [3.05, 3.63) is 54.1 Å². The van der Waals surface area contributed by atoms with Gasteiger partial charge < -0.3 is 5.11 Å². The van der Waals surface area contributed by atoms with Crippen LogP contribution in [0.25, 0.3) is 22.5 Å². The molecule has 0 aliphatic heterocycles. The van der Waals surface area contributed by atoms with E-state index in [2.05, 4.69) is 15.4 Å². The van der Waals surface area contributed by atoms with Crippen LogP contribution in [0.4, 0.5) is 0 Å². The van der Waals surface area contributed by atoms with Crippen molar-refractivity contribution in [2.45, 2.75) is 6.92 Å². The Labute approximate surface area is 110 Å². The zero-order chi connectivity index (χ0) is 13.2. The Balaban J connectivity index is 2.21. The predicted molar refractivity (Wildman–Crippen MR) is 73.7 cm³/mol. The van der Waals surface area contributed by atoms with Gasteiger partial charge in [0.2, 0.25) is 0 Å². The van der Waals surface area contributed by atoms with Crippen molar-refractivity contribution in [2.75, 3.05) is 0 Å². The highest BCUT2D eigenvalue weighted by molar-refractivity contribution is 5.82. The quantitative estimate of drug-likeness (QED) is 0.735. The molecule has 94 valence electrons. The van der Waals surface area contributed by atoms with Crippen LogP contribution in [0.2, 0.25) is 0 Å². The van der Waals surface area contributed by atoms with E-state index in [1.165, 1.54) is 0 Å². The molecule has 0 bridgehead atoms. The van der Waals surface area contributed by atoms with Gasteiger partial charge in [0.1, 0.15) is 17.1 Å². The van der Waals surface area contributed by atoms with E-state index in [0.29, 0.717) is 5.69 Å². The van der Waals surface area contributed by atoms with Crippen LogP contribution >= 0.6 is 0 Å². The van der Waals surface area contributed by atoms with E-state index in [9.17, 15) is 5.11 Å². The molecule has 1 aromatic heterocycles. The monoisotopic (exact) mass is 251 g/mol. The standard InChI is InChI=1S/C15H13N3O/c1-10-6-5-9-12(19)13(10)15-14(16-18-17-15)11-7-3-2-4-8-11/h2-9,19H,1H3,(H,16,17,18). The smallest absolute Gasteiger partial charge is 0.125 e. The summed E-state index contributed by atoms with van der Waals surface area (Å²) in [6, 6.07) is 15.2. The van der Waals surface area contributed by atoms with Gasteiger partial charge in [-0.25, -0.2) is 0 Å². The van der Waals surface area contributed by atoms with Crippen molar-refractivity contribution in [2.24, 2.45) is 0 Å². The molecule has 1 heterocycles. The minimum Gasteiger partial charge on any atom is -0.507 e. The summed E-state index contributed by atoms with van der Waals surface area (Å²) in [6.45, 7) is 1.94. The molecule has 0 aliphatic rings. The minimum absolute atomic E-state index is 0.214. The van der Waals surface area contributed by atoms with E-state index < -0.39 is 0 Å². The molecule has 2 N–H and O–H groups in total. The number of phenolic OH excluding ortho intramolecular Hbond substituents is 1. The van der Waals surface area contributed by atoms with E-state index in [1.807, 2.05) is 49.4 Å². The van der Waals surface area contributed by atoms with Gasteiger partial charge in [-0.1, -0.05) is 42.5 Å². The second-order valence-corrected chi connectivity index (χ2v) is 4.36. The largest absolute Gasteiger partial charge is 0.507 e. The molecule has 2 aromatic carbocycles. The summed E-state index contributed by atoms with van der Waals surface area (Å²) < 4.78 is 0. The first-order valence-electron chi connectivity index (χ1n) is 6.02. The Morgan fingerprint density at radius 3 is 2.37 bits per heavy atom. The lowest BCUT2D eigenvalue weighted by molar-refractivity contribution is 0.476. The van der Waals surface area contributed by atoms with Crippen LogP contribution in [0.15, 0.2) is 48.5 Å². The number of rotatable bonds is 2. The molecule has 0 atom stereocenters. The number of hydrogen-bond donors (Lipinski definition) is 2. The van der Waals surface area contributed by atoms with Gasteiger partial charge in [-0.2, -0.15) is 15.4 Å². The molecule has 0 saturated carbocycles. The zero-order valence-corrected chi connectivity index (χ0v) is 10.5. The number of benzene rings is 2. The summed E-state index contributed by atoms with van der Waals surface area (Å²) >= 11 is 0. The van der Waals surface area contributed by atoms with Gasteiger partial charge in [0.25, 0.3) is 0 Å². The van der Waals surface area contributed by atoms with Crippen LogP contribution in [0.3, 0.4) is 0 Å². The Morgan fingerprint density at radius 2 is 1.63 bits per heavy atom. The fraction of sp³-hybridized carbons (Fsp3) is 0.0667. The Kier molecular flexibility index (Phi) is 2.76. The highest BCUT2D eigenvalue weighted by Gasteiger charge is 2.17. The average Bonchev–Trinajstić information content (AvgIpc) is 2.89. The van der Waals surface area contributed by atoms with Crippen molar-refractivity contribution in [3.8, 4) is 28.3 Å². The summed E-state index contributed by atoms with van der Waals surface area (Å²) in [5.41, 5.74) is 4.06. The minimum atomic E-state index is 0.214. The van der Waals surface area contributed by atoms with Crippen LogP contribution in [0, 0.1) is 6.92 Å². The van der Waals surface area contributed by atoms with E-state index in [4.69, 9.17) is 0 Å². The topological polar surface area (TPSA) is 61.8 Å². The van der Waals surface area contributed by atoms with E-state index >= 15 is 0 Å². The highest BCUT2D eigenvalue weighted by atomic mass is 16.3. The zero-order valence-electron chi connectivity index (χ0n) is 10.5. The summed E-state index contributed by atoms with van der Waals surface area (Å²) in [7, 11) is 0. The SMILES string of the molecule is Cc1cccc(O)c1-c1n[nH]nc1-c1ccccc1. The third-order valence-corrected chi connectivity index (χ3v) is 3.08. The van der Waals surface area contributed by atoms with Gasteiger partial charge in [0.05, 0.1) is 0 Å². The first-order chi connectivity index (χ1) is 9.27. The molecule has 0 fully saturated rings. The summed E-state index contributed by atoms with van der Waals surface area (Å²) in [6.07, 6.45) is 0. The van der Waals surface area contributed by atoms with Crippen molar-refractivity contribution >= 4 is 0 Å². The van der Waals surface area contributed by atoms with Gasteiger partial charge in [0, 0.05) is 11.1 Å². The van der Waals surface area contributed by atoms with Crippen LogP contribution in [0.5, 0.6) is 5.75 Å².